The zero-order chi connectivity index (χ0) is 20.4. The van der Waals surface area contributed by atoms with Gasteiger partial charge in [0, 0.05) is 18.0 Å². The normalized spacial score (nSPS) is 12.8. The Balaban J connectivity index is 2.04. The van der Waals surface area contributed by atoms with Gasteiger partial charge in [0.2, 0.25) is 5.95 Å². The molecule has 0 fully saturated rings. The summed E-state index contributed by atoms with van der Waals surface area (Å²) >= 11 is 0. The molecule has 4 aromatic rings. The Morgan fingerprint density at radius 3 is 2.34 bits per heavy atom. The summed E-state index contributed by atoms with van der Waals surface area (Å²) in [5.41, 5.74) is 2.25. The summed E-state index contributed by atoms with van der Waals surface area (Å²) in [6, 6.07) is 16.5. The van der Waals surface area contributed by atoms with Gasteiger partial charge >= 0.3 is 6.18 Å². The van der Waals surface area contributed by atoms with Crippen LogP contribution in [0.5, 0.6) is 0 Å². The van der Waals surface area contributed by atoms with Gasteiger partial charge in [-0.25, -0.2) is 0 Å². The number of H-pyrrole nitrogens is 1. The van der Waals surface area contributed by atoms with E-state index < -0.39 is 18.5 Å². The van der Waals surface area contributed by atoms with Crippen LogP contribution < -0.4 is 0 Å². The molecule has 0 aliphatic rings. The third kappa shape index (κ3) is 4.03. The molecule has 7 heteroatoms. The Morgan fingerprint density at radius 1 is 0.897 bits per heavy atom. The van der Waals surface area contributed by atoms with E-state index in [0.29, 0.717) is 27.8 Å². The van der Waals surface area contributed by atoms with E-state index in [4.69, 9.17) is 0 Å². The molecule has 146 valence electrons. The predicted octanol–water partition coefficient (Wildman–Crippen LogP) is 6.01. The van der Waals surface area contributed by atoms with Gasteiger partial charge in [0.05, 0.1) is 17.3 Å². The van der Waals surface area contributed by atoms with E-state index in [1.54, 1.807) is 60.8 Å². The van der Waals surface area contributed by atoms with Crippen LogP contribution in [-0.4, -0.2) is 21.4 Å². The zero-order valence-corrected chi connectivity index (χ0v) is 15.0. The fourth-order valence-electron chi connectivity index (χ4n) is 3.33. The molecule has 0 atom stereocenters. The first kappa shape index (κ1) is 18.9. The number of aromatic nitrogens is 3. The number of hydrogen-bond acceptors (Lipinski definition) is 2. The van der Waals surface area contributed by atoms with Gasteiger partial charge in [-0.1, -0.05) is 42.5 Å². The largest absolute Gasteiger partial charge is 0.393 e. The highest BCUT2D eigenvalue weighted by Crippen LogP contribution is 2.39. The molecule has 0 bridgehead atoms. The van der Waals surface area contributed by atoms with Gasteiger partial charge in [-0.2, -0.15) is 22.7 Å². The summed E-state index contributed by atoms with van der Waals surface area (Å²) in [6.45, 7) is 0. The SMILES string of the molecule is Fc1[nH]nc2ccc(C(=C(CC(F)(F)F)c3ccccc3)c3cccnc3)cc12. The van der Waals surface area contributed by atoms with Crippen molar-refractivity contribution in [3.63, 3.8) is 0 Å². The number of rotatable bonds is 4. The Kier molecular flexibility index (Phi) is 4.88. The van der Waals surface area contributed by atoms with E-state index >= 15 is 0 Å². The minimum Gasteiger partial charge on any atom is -0.264 e. The zero-order valence-electron chi connectivity index (χ0n) is 15.0. The number of nitrogens with one attached hydrogen (secondary N) is 1. The van der Waals surface area contributed by atoms with Crippen LogP contribution in [0.4, 0.5) is 17.6 Å². The summed E-state index contributed by atoms with van der Waals surface area (Å²) in [7, 11) is 0. The molecule has 0 aliphatic heterocycles. The molecule has 0 spiro atoms. The van der Waals surface area contributed by atoms with E-state index in [1.807, 2.05) is 0 Å². The van der Waals surface area contributed by atoms with Crippen molar-refractivity contribution in [2.75, 3.05) is 0 Å². The Hall–Kier alpha value is -3.48. The lowest BCUT2D eigenvalue weighted by atomic mass is 9.88. The number of fused-ring (bicyclic) bond motifs is 1. The summed E-state index contributed by atoms with van der Waals surface area (Å²) in [4.78, 5) is 4.07. The highest BCUT2D eigenvalue weighted by molar-refractivity contribution is 6.00. The maximum atomic E-state index is 14.1. The number of nitrogens with zero attached hydrogens (tertiary/aromatic N) is 2. The molecule has 2 heterocycles. The lowest BCUT2D eigenvalue weighted by Gasteiger charge is -2.18. The topological polar surface area (TPSA) is 41.6 Å². The first-order valence-corrected chi connectivity index (χ1v) is 8.82. The summed E-state index contributed by atoms with van der Waals surface area (Å²) in [5.74, 6) is -0.635. The average molecular weight is 397 g/mol. The molecule has 3 nitrogen and oxygen atoms in total. The molecule has 2 aromatic heterocycles. The van der Waals surface area contributed by atoms with Crippen molar-refractivity contribution in [2.24, 2.45) is 0 Å². The highest BCUT2D eigenvalue weighted by Gasteiger charge is 2.31. The van der Waals surface area contributed by atoms with Crippen molar-refractivity contribution in [3.05, 3.63) is 95.7 Å². The van der Waals surface area contributed by atoms with E-state index in [9.17, 15) is 17.6 Å². The number of allylic oxidation sites excluding steroid dienone is 1. The number of benzene rings is 2. The number of pyridine rings is 1. The van der Waals surface area contributed by atoms with E-state index in [0.717, 1.165) is 0 Å². The van der Waals surface area contributed by atoms with E-state index in [1.165, 1.54) is 12.3 Å². The molecular formula is C22H15F4N3. The lowest BCUT2D eigenvalue weighted by Crippen LogP contribution is -2.10. The molecule has 0 amide bonds. The first-order valence-electron chi connectivity index (χ1n) is 8.82. The van der Waals surface area contributed by atoms with Crippen molar-refractivity contribution in [1.29, 1.82) is 0 Å². The monoisotopic (exact) mass is 397 g/mol. The van der Waals surface area contributed by atoms with Crippen LogP contribution in [0.1, 0.15) is 23.1 Å². The van der Waals surface area contributed by atoms with Gasteiger partial charge in [0.25, 0.3) is 0 Å². The molecule has 0 saturated heterocycles. The van der Waals surface area contributed by atoms with Crippen molar-refractivity contribution < 1.29 is 17.6 Å². The number of halogens is 4. The fraction of sp³-hybridized carbons (Fsp3) is 0.0909. The summed E-state index contributed by atoms with van der Waals surface area (Å²) in [5, 5.41) is 6.31. The molecule has 2 aromatic carbocycles. The Bertz CT molecular complexity index is 1160. The number of hydrogen-bond donors (Lipinski definition) is 1. The Labute approximate surface area is 163 Å². The quantitative estimate of drug-likeness (QED) is 0.339. The van der Waals surface area contributed by atoms with E-state index in [2.05, 4.69) is 15.2 Å². The van der Waals surface area contributed by atoms with Crippen LogP contribution >= 0.6 is 0 Å². The first-order chi connectivity index (χ1) is 13.9. The molecule has 29 heavy (non-hydrogen) atoms. The van der Waals surface area contributed by atoms with Crippen LogP contribution in [-0.2, 0) is 0 Å². The van der Waals surface area contributed by atoms with Gasteiger partial charge in [-0.05, 0) is 40.5 Å². The van der Waals surface area contributed by atoms with Crippen LogP contribution in [0.2, 0.25) is 0 Å². The van der Waals surface area contributed by atoms with Crippen LogP contribution in [0.15, 0.2) is 73.1 Å². The lowest BCUT2D eigenvalue weighted by molar-refractivity contribution is -0.122. The van der Waals surface area contributed by atoms with Crippen molar-refractivity contribution >= 4 is 22.0 Å². The standard InChI is InChI=1S/C22H15F4N3/c23-21-17-11-15(8-9-19(17)28-29-21)20(16-7-4-10-27-13-16)18(12-22(24,25)26)14-5-2-1-3-6-14/h1-11,13H,12H2,(H,28,29). The summed E-state index contributed by atoms with van der Waals surface area (Å²) in [6.07, 6.45) is -2.51. The second kappa shape index (κ2) is 7.50. The van der Waals surface area contributed by atoms with Gasteiger partial charge in [-0.15, -0.1) is 0 Å². The number of alkyl halides is 3. The van der Waals surface area contributed by atoms with Crippen molar-refractivity contribution in [3.8, 4) is 0 Å². The maximum absolute atomic E-state index is 14.1. The van der Waals surface area contributed by atoms with Crippen molar-refractivity contribution in [1.82, 2.24) is 15.2 Å². The third-order valence-corrected chi connectivity index (χ3v) is 4.55. The van der Waals surface area contributed by atoms with Gasteiger partial charge in [0.15, 0.2) is 0 Å². The maximum Gasteiger partial charge on any atom is 0.393 e. The number of aromatic amines is 1. The van der Waals surface area contributed by atoms with E-state index in [-0.39, 0.29) is 11.0 Å². The molecule has 1 N–H and O–H groups in total. The third-order valence-electron chi connectivity index (χ3n) is 4.55. The molecule has 4 rings (SSSR count). The average Bonchev–Trinajstić information content (AvgIpc) is 3.09. The van der Waals surface area contributed by atoms with Crippen molar-refractivity contribution in [2.45, 2.75) is 12.6 Å². The highest BCUT2D eigenvalue weighted by atomic mass is 19.4. The van der Waals surface area contributed by atoms with Gasteiger partial charge < -0.3 is 0 Å². The fourth-order valence-corrected chi connectivity index (χ4v) is 3.33. The predicted molar refractivity (Wildman–Crippen MR) is 103 cm³/mol. The second-order valence-electron chi connectivity index (χ2n) is 6.52. The summed E-state index contributed by atoms with van der Waals surface area (Å²) < 4.78 is 54.6. The van der Waals surface area contributed by atoms with Crippen LogP contribution in [0.3, 0.4) is 0 Å². The van der Waals surface area contributed by atoms with Crippen LogP contribution in [0, 0.1) is 5.95 Å². The van der Waals surface area contributed by atoms with Gasteiger partial charge in [0.1, 0.15) is 0 Å². The van der Waals surface area contributed by atoms with Crippen LogP contribution in [0.25, 0.3) is 22.0 Å². The molecule has 0 radical (unpaired) electrons. The molecule has 0 aliphatic carbocycles. The molecule has 0 unspecified atom stereocenters. The smallest absolute Gasteiger partial charge is 0.264 e. The Morgan fingerprint density at radius 2 is 1.66 bits per heavy atom. The second-order valence-corrected chi connectivity index (χ2v) is 6.52. The minimum absolute atomic E-state index is 0.0920. The molecule has 0 saturated carbocycles. The van der Waals surface area contributed by atoms with Gasteiger partial charge in [-0.3, -0.25) is 10.1 Å². The molecular weight excluding hydrogens is 382 g/mol. The minimum atomic E-state index is -4.43.